The van der Waals surface area contributed by atoms with Gasteiger partial charge >= 0.3 is 0 Å². The van der Waals surface area contributed by atoms with Crippen LogP contribution < -0.4 is 0 Å². The molecule has 0 atom stereocenters. The fourth-order valence-electron chi connectivity index (χ4n) is 2.23. The first-order chi connectivity index (χ1) is 8.90. The number of nitrogens with zero attached hydrogens (tertiary/aromatic N) is 2. The third kappa shape index (κ3) is 1.76. The van der Waals surface area contributed by atoms with Crippen LogP contribution in [0.25, 0.3) is 22.0 Å². The molecule has 2 heteroatoms. The van der Waals surface area contributed by atoms with Crippen molar-refractivity contribution in [3.63, 3.8) is 0 Å². The molecule has 1 heterocycles. The van der Waals surface area contributed by atoms with E-state index < -0.39 is 0 Å². The van der Waals surface area contributed by atoms with E-state index >= 15 is 0 Å². The lowest BCUT2D eigenvalue weighted by atomic mass is 10.0. The van der Waals surface area contributed by atoms with E-state index in [0.29, 0.717) is 0 Å². The maximum atomic E-state index is 4.40. The van der Waals surface area contributed by atoms with Crippen molar-refractivity contribution in [2.75, 3.05) is 0 Å². The molecular formula is C16H14N2. The van der Waals surface area contributed by atoms with Gasteiger partial charge in [-0.1, -0.05) is 61.5 Å². The first-order valence-electron chi connectivity index (χ1n) is 6.20. The molecule has 0 radical (unpaired) electrons. The van der Waals surface area contributed by atoms with Crippen LogP contribution in [-0.4, -0.2) is 10.2 Å². The highest BCUT2D eigenvalue weighted by Gasteiger charge is 2.08. The van der Waals surface area contributed by atoms with Crippen LogP contribution >= 0.6 is 0 Å². The number of hydrogen-bond donors (Lipinski definition) is 0. The van der Waals surface area contributed by atoms with E-state index in [2.05, 4.69) is 53.5 Å². The second-order valence-electron chi connectivity index (χ2n) is 4.26. The third-order valence-corrected chi connectivity index (χ3v) is 3.15. The van der Waals surface area contributed by atoms with Gasteiger partial charge in [0.05, 0.1) is 5.69 Å². The Balaban J connectivity index is 2.32. The van der Waals surface area contributed by atoms with Crippen molar-refractivity contribution < 1.29 is 0 Å². The van der Waals surface area contributed by atoms with E-state index in [-0.39, 0.29) is 0 Å². The Kier molecular flexibility index (Phi) is 2.77. The Morgan fingerprint density at radius 3 is 2.17 bits per heavy atom. The molecule has 2 aromatic carbocycles. The number of aryl methyl sites for hydroxylation is 1. The minimum atomic E-state index is 0.905. The third-order valence-electron chi connectivity index (χ3n) is 3.15. The summed E-state index contributed by atoms with van der Waals surface area (Å²) in [5, 5.41) is 11.1. The van der Waals surface area contributed by atoms with Crippen LogP contribution in [0.1, 0.15) is 12.6 Å². The summed E-state index contributed by atoms with van der Waals surface area (Å²) in [5.41, 5.74) is 3.14. The van der Waals surface area contributed by atoms with Gasteiger partial charge in [-0.25, -0.2) is 0 Å². The molecule has 0 spiro atoms. The van der Waals surface area contributed by atoms with Gasteiger partial charge in [-0.15, -0.1) is 5.10 Å². The monoisotopic (exact) mass is 234 g/mol. The molecule has 1 aromatic heterocycles. The molecule has 0 N–H and O–H groups in total. The van der Waals surface area contributed by atoms with Crippen LogP contribution in [-0.2, 0) is 6.42 Å². The number of rotatable bonds is 2. The predicted molar refractivity (Wildman–Crippen MR) is 74.4 cm³/mol. The number of aromatic nitrogens is 2. The fourth-order valence-corrected chi connectivity index (χ4v) is 2.23. The Hall–Kier alpha value is -2.22. The molecule has 18 heavy (non-hydrogen) atoms. The maximum absolute atomic E-state index is 4.40. The summed E-state index contributed by atoms with van der Waals surface area (Å²) in [6, 6.07) is 18.6. The molecule has 0 amide bonds. The van der Waals surface area contributed by atoms with E-state index in [0.717, 1.165) is 23.4 Å². The molecule has 0 unspecified atom stereocenters. The van der Waals surface area contributed by atoms with Gasteiger partial charge in [-0.2, -0.15) is 5.10 Å². The molecule has 2 nitrogen and oxygen atoms in total. The van der Waals surface area contributed by atoms with Gasteiger partial charge in [0.25, 0.3) is 0 Å². The largest absolute Gasteiger partial charge is 0.154 e. The Morgan fingerprint density at radius 1 is 0.778 bits per heavy atom. The van der Waals surface area contributed by atoms with Crippen LogP contribution in [0.5, 0.6) is 0 Å². The zero-order valence-electron chi connectivity index (χ0n) is 10.3. The molecule has 0 aliphatic heterocycles. The second kappa shape index (κ2) is 4.57. The van der Waals surface area contributed by atoms with E-state index in [4.69, 9.17) is 0 Å². The molecule has 3 aromatic rings. The van der Waals surface area contributed by atoms with E-state index in [1.54, 1.807) is 0 Å². The van der Waals surface area contributed by atoms with E-state index in [9.17, 15) is 0 Å². The van der Waals surface area contributed by atoms with Crippen molar-refractivity contribution in [2.24, 2.45) is 0 Å². The van der Waals surface area contributed by atoms with Crippen molar-refractivity contribution in [2.45, 2.75) is 13.3 Å². The molecule has 0 fully saturated rings. The Bertz CT molecular complexity index is 675. The summed E-state index contributed by atoms with van der Waals surface area (Å²) in [4.78, 5) is 0. The van der Waals surface area contributed by atoms with Gasteiger partial charge in [0, 0.05) is 16.3 Å². The van der Waals surface area contributed by atoms with Crippen LogP contribution in [0, 0.1) is 0 Å². The fraction of sp³-hybridized carbons (Fsp3) is 0.125. The maximum Gasteiger partial charge on any atom is 0.101 e. The molecule has 3 rings (SSSR count). The zero-order valence-corrected chi connectivity index (χ0v) is 10.3. The van der Waals surface area contributed by atoms with Gasteiger partial charge in [0.15, 0.2) is 0 Å². The molecule has 0 bridgehead atoms. The Labute approximate surface area is 106 Å². The molecule has 88 valence electrons. The van der Waals surface area contributed by atoms with Gasteiger partial charge in [-0.3, -0.25) is 0 Å². The minimum Gasteiger partial charge on any atom is -0.154 e. The Morgan fingerprint density at radius 2 is 1.44 bits per heavy atom. The minimum absolute atomic E-state index is 0.905. The van der Waals surface area contributed by atoms with Crippen molar-refractivity contribution in [3.8, 4) is 11.3 Å². The van der Waals surface area contributed by atoms with Crippen LogP contribution in [0.2, 0.25) is 0 Å². The summed E-state index contributed by atoms with van der Waals surface area (Å²) in [7, 11) is 0. The summed E-state index contributed by atoms with van der Waals surface area (Å²) in [5.74, 6) is 0. The predicted octanol–water partition coefficient (Wildman–Crippen LogP) is 3.86. The topological polar surface area (TPSA) is 25.8 Å². The number of fused-ring (bicyclic) bond motifs is 1. The average molecular weight is 234 g/mol. The summed E-state index contributed by atoms with van der Waals surface area (Å²) in [6.45, 7) is 2.11. The first kappa shape index (κ1) is 10.9. The van der Waals surface area contributed by atoms with Gasteiger partial charge in [-0.05, 0) is 6.42 Å². The van der Waals surface area contributed by atoms with Gasteiger partial charge in [0.1, 0.15) is 5.69 Å². The average Bonchev–Trinajstić information content (AvgIpc) is 2.47. The molecule has 0 aliphatic carbocycles. The van der Waals surface area contributed by atoms with E-state index in [1.807, 2.05) is 18.2 Å². The SMILES string of the molecule is CCc1nnc(-c2ccccc2)c2ccccc12. The quantitative estimate of drug-likeness (QED) is 0.673. The highest BCUT2D eigenvalue weighted by atomic mass is 15.1. The van der Waals surface area contributed by atoms with Crippen LogP contribution in [0.3, 0.4) is 0 Å². The molecular weight excluding hydrogens is 220 g/mol. The lowest BCUT2D eigenvalue weighted by molar-refractivity contribution is 0.944. The van der Waals surface area contributed by atoms with Crippen molar-refractivity contribution >= 4 is 10.8 Å². The molecule has 0 aliphatic rings. The standard InChI is InChI=1S/C16H14N2/c1-2-15-13-10-6-7-11-14(13)16(18-17-15)12-8-4-3-5-9-12/h3-11H,2H2,1H3. The highest BCUT2D eigenvalue weighted by molar-refractivity contribution is 5.95. The normalized spacial score (nSPS) is 10.7. The van der Waals surface area contributed by atoms with Crippen molar-refractivity contribution in [1.29, 1.82) is 0 Å². The summed E-state index contributed by atoms with van der Waals surface area (Å²) >= 11 is 0. The van der Waals surface area contributed by atoms with Crippen LogP contribution in [0.4, 0.5) is 0 Å². The van der Waals surface area contributed by atoms with Gasteiger partial charge < -0.3 is 0 Å². The van der Waals surface area contributed by atoms with Crippen molar-refractivity contribution in [3.05, 3.63) is 60.3 Å². The zero-order chi connectivity index (χ0) is 12.4. The highest BCUT2D eigenvalue weighted by Crippen LogP contribution is 2.27. The summed E-state index contributed by atoms with van der Waals surface area (Å²) in [6.07, 6.45) is 0.905. The van der Waals surface area contributed by atoms with Crippen molar-refractivity contribution in [1.82, 2.24) is 10.2 Å². The van der Waals surface area contributed by atoms with E-state index in [1.165, 1.54) is 10.8 Å². The lowest BCUT2D eigenvalue weighted by Gasteiger charge is -2.07. The summed E-state index contributed by atoms with van der Waals surface area (Å²) < 4.78 is 0. The number of hydrogen-bond acceptors (Lipinski definition) is 2. The van der Waals surface area contributed by atoms with Crippen LogP contribution in [0.15, 0.2) is 54.6 Å². The first-order valence-corrected chi connectivity index (χ1v) is 6.20. The molecule has 0 saturated heterocycles. The second-order valence-corrected chi connectivity index (χ2v) is 4.26. The number of benzene rings is 2. The molecule has 0 saturated carbocycles. The smallest absolute Gasteiger partial charge is 0.101 e. The van der Waals surface area contributed by atoms with Gasteiger partial charge in [0.2, 0.25) is 0 Å². The lowest BCUT2D eigenvalue weighted by Crippen LogP contribution is -1.96.